The van der Waals surface area contributed by atoms with Crippen molar-refractivity contribution in [1.82, 2.24) is 4.90 Å². The fourth-order valence-corrected chi connectivity index (χ4v) is 4.82. The second-order valence-electron chi connectivity index (χ2n) is 9.00. The Balaban J connectivity index is 1.67. The van der Waals surface area contributed by atoms with Crippen molar-refractivity contribution in [1.29, 1.82) is 0 Å². The third kappa shape index (κ3) is 4.54. The van der Waals surface area contributed by atoms with Crippen LogP contribution in [0.1, 0.15) is 29.7 Å². The van der Waals surface area contributed by atoms with Gasteiger partial charge in [-0.15, -0.1) is 0 Å². The van der Waals surface area contributed by atoms with Gasteiger partial charge in [0.2, 0.25) is 0 Å². The Morgan fingerprint density at radius 1 is 0.921 bits per heavy atom. The van der Waals surface area contributed by atoms with E-state index in [0.29, 0.717) is 23.5 Å². The SMILES string of the molecule is CCOc1cc(C2/C(=C(\O)c3ccc4ccccc4c3)C(=O)C(=O)N2Cc2cccc(OC)c2)ccc1O. The molecule has 1 heterocycles. The molecule has 4 aromatic carbocycles. The van der Waals surface area contributed by atoms with Gasteiger partial charge in [0.1, 0.15) is 11.5 Å². The molecule has 7 nitrogen and oxygen atoms in total. The predicted octanol–water partition coefficient (Wildman–Crippen LogP) is 5.57. The lowest BCUT2D eigenvalue weighted by Gasteiger charge is -2.26. The molecule has 0 radical (unpaired) electrons. The number of hydrogen-bond acceptors (Lipinski definition) is 6. The second kappa shape index (κ2) is 10.3. The van der Waals surface area contributed by atoms with Crippen LogP contribution in [0, 0.1) is 0 Å². The molecular formula is C31H27NO6. The van der Waals surface area contributed by atoms with Crippen LogP contribution in [0.25, 0.3) is 16.5 Å². The summed E-state index contributed by atoms with van der Waals surface area (Å²) in [5.74, 6) is -0.994. The van der Waals surface area contributed by atoms with E-state index in [1.54, 1.807) is 50.4 Å². The van der Waals surface area contributed by atoms with E-state index in [1.165, 1.54) is 11.0 Å². The third-order valence-corrected chi connectivity index (χ3v) is 6.65. The van der Waals surface area contributed by atoms with Gasteiger partial charge in [-0.3, -0.25) is 9.59 Å². The first-order chi connectivity index (χ1) is 18.4. The number of phenolic OH excluding ortho intramolecular Hbond substituents is 1. The number of amides is 1. The van der Waals surface area contributed by atoms with Crippen molar-refractivity contribution < 1.29 is 29.3 Å². The van der Waals surface area contributed by atoms with Gasteiger partial charge in [0, 0.05) is 12.1 Å². The molecule has 1 amide bonds. The standard InChI is InChI=1S/C31H27NO6/c1-3-38-26-17-22(13-14-25(26)33)28-27(29(34)23-12-11-20-8-4-5-9-21(20)16-23)30(35)31(36)32(28)18-19-7-6-10-24(15-19)37-2/h4-17,28,33-34H,3,18H2,1-2H3/b29-27+. The van der Waals surface area contributed by atoms with Crippen molar-refractivity contribution in [3.8, 4) is 17.2 Å². The Hall–Kier alpha value is -4.78. The lowest BCUT2D eigenvalue weighted by molar-refractivity contribution is -0.140. The molecule has 4 aromatic rings. The van der Waals surface area contributed by atoms with Crippen molar-refractivity contribution in [3.05, 3.63) is 107 Å². The second-order valence-corrected chi connectivity index (χ2v) is 9.00. The number of carbonyl (C=O) groups is 2. The average Bonchev–Trinajstić information content (AvgIpc) is 3.18. The number of ketones is 1. The maximum absolute atomic E-state index is 13.5. The van der Waals surface area contributed by atoms with Crippen LogP contribution in [-0.2, 0) is 16.1 Å². The first-order valence-corrected chi connectivity index (χ1v) is 12.3. The Bertz CT molecular complexity index is 1570. The summed E-state index contributed by atoms with van der Waals surface area (Å²) in [6, 6.07) is 24.1. The van der Waals surface area contributed by atoms with E-state index < -0.39 is 17.7 Å². The van der Waals surface area contributed by atoms with Crippen molar-refractivity contribution >= 4 is 28.2 Å². The number of aliphatic hydroxyl groups is 1. The van der Waals surface area contributed by atoms with Gasteiger partial charge in [0.15, 0.2) is 11.5 Å². The van der Waals surface area contributed by atoms with Crippen LogP contribution in [0.3, 0.4) is 0 Å². The first-order valence-electron chi connectivity index (χ1n) is 12.3. The molecule has 1 saturated heterocycles. The Morgan fingerprint density at radius 3 is 2.47 bits per heavy atom. The zero-order valence-electron chi connectivity index (χ0n) is 21.0. The van der Waals surface area contributed by atoms with E-state index in [2.05, 4.69) is 0 Å². The molecule has 0 aromatic heterocycles. The number of fused-ring (bicyclic) bond motifs is 1. The number of phenols is 1. The molecule has 0 saturated carbocycles. The van der Waals surface area contributed by atoms with Crippen LogP contribution in [0.2, 0.25) is 0 Å². The Kier molecular flexibility index (Phi) is 6.75. The number of hydrogen-bond donors (Lipinski definition) is 2. The summed E-state index contributed by atoms with van der Waals surface area (Å²) in [5.41, 5.74) is 1.68. The highest BCUT2D eigenvalue weighted by atomic mass is 16.5. The highest BCUT2D eigenvalue weighted by Gasteiger charge is 2.46. The maximum atomic E-state index is 13.5. The van der Waals surface area contributed by atoms with Gasteiger partial charge in [-0.05, 0) is 59.2 Å². The molecule has 0 bridgehead atoms. The number of methoxy groups -OCH3 is 1. The highest BCUT2D eigenvalue weighted by Crippen LogP contribution is 2.43. The first kappa shape index (κ1) is 24.9. The van der Waals surface area contributed by atoms with Crippen LogP contribution >= 0.6 is 0 Å². The van der Waals surface area contributed by atoms with Gasteiger partial charge in [-0.1, -0.05) is 54.6 Å². The lowest BCUT2D eigenvalue weighted by atomic mass is 9.94. The van der Waals surface area contributed by atoms with E-state index in [-0.39, 0.29) is 29.4 Å². The van der Waals surface area contributed by atoms with Crippen LogP contribution in [-0.4, -0.2) is 40.5 Å². The fourth-order valence-electron chi connectivity index (χ4n) is 4.82. The molecule has 1 aliphatic rings. The van der Waals surface area contributed by atoms with Crippen LogP contribution in [0.4, 0.5) is 0 Å². The molecule has 38 heavy (non-hydrogen) atoms. The highest BCUT2D eigenvalue weighted by molar-refractivity contribution is 6.46. The molecule has 1 aliphatic heterocycles. The number of benzene rings is 4. The normalized spacial score (nSPS) is 16.7. The largest absolute Gasteiger partial charge is 0.507 e. The molecule has 1 fully saturated rings. The van der Waals surface area contributed by atoms with Gasteiger partial charge in [-0.2, -0.15) is 0 Å². The van der Waals surface area contributed by atoms with Gasteiger partial charge in [0.25, 0.3) is 11.7 Å². The summed E-state index contributed by atoms with van der Waals surface area (Å²) in [5, 5.41) is 23.6. The number of rotatable bonds is 7. The van der Waals surface area contributed by atoms with Gasteiger partial charge >= 0.3 is 0 Å². The number of Topliss-reactive ketones (excluding diaryl/α,β-unsaturated/α-hetero) is 1. The Labute approximate surface area is 220 Å². The minimum atomic E-state index is -0.910. The summed E-state index contributed by atoms with van der Waals surface area (Å²) in [7, 11) is 1.56. The smallest absolute Gasteiger partial charge is 0.295 e. The van der Waals surface area contributed by atoms with Crippen molar-refractivity contribution in [2.75, 3.05) is 13.7 Å². The summed E-state index contributed by atoms with van der Waals surface area (Å²) in [6.45, 7) is 2.21. The van der Waals surface area contributed by atoms with Gasteiger partial charge < -0.3 is 24.6 Å². The molecule has 192 valence electrons. The van der Waals surface area contributed by atoms with E-state index >= 15 is 0 Å². The van der Waals surface area contributed by atoms with Crippen LogP contribution in [0.15, 0.2) is 90.5 Å². The van der Waals surface area contributed by atoms with E-state index in [1.807, 2.05) is 42.5 Å². The van der Waals surface area contributed by atoms with Gasteiger partial charge in [0.05, 0.1) is 25.3 Å². The maximum Gasteiger partial charge on any atom is 0.295 e. The number of aromatic hydroxyl groups is 1. The van der Waals surface area contributed by atoms with E-state index in [4.69, 9.17) is 9.47 Å². The molecule has 1 unspecified atom stereocenters. The van der Waals surface area contributed by atoms with E-state index in [0.717, 1.165) is 16.3 Å². The fraction of sp³-hybridized carbons (Fsp3) is 0.161. The van der Waals surface area contributed by atoms with Crippen LogP contribution < -0.4 is 9.47 Å². The summed E-state index contributed by atoms with van der Waals surface area (Å²) in [4.78, 5) is 28.3. The predicted molar refractivity (Wildman–Crippen MR) is 144 cm³/mol. The molecule has 7 heteroatoms. The number of ether oxygens (including phenoxy) is 2. The summed E-state index contributed by atoms with van der Waals surface area (Å²) < 4.78 is 10.9. The molecule has 1 atom stereocenters. The monoisotopic (exact) mass is 509 g/mol. The van der Waals surface area contributed by atoms with Gasteiger partial charge in [-0.25, -0.2) is 0 Å². The number of carbonyl (C=O) groups excluding carboxylic acids is 2. The molecule has 0 aliphatic carbocycles. The number of likely N-dealkylation sites (tertiary alicyclic amines) is 1. The Morgan fingerprint density at radius 2 is 1.71 bits per heavy atom. The molecular weight excluding hydrogens is 482 g/mol. The minimum absolute atomic E-state index is 0.0266. The topological polar surface area (TPSA) is 96.3 Å². The quantitative estimate of drug-likeness (QED) is 0.192. The number of nitrogens with zero attached hydrogens (tertiary/aromatic N) is 1. The van der Waals surface area contributed by atoms with Crippen molar-refractivity contribution in [2.45, 2.75) is 19.5 Å². The molecule has 0 spiro atoms. The third-order valence-electron chi connectivity index (χ3n) is 6.65. The molecule has 2 N–H and O–H groups in total. The average molecular weight is 510 g/mol. The number of aliphatic hydroxyl groups excluding tert-OH is 1. The zero-order chi connectivity index (χ0) is 26.8. The van der Waals surface area contributed by atoms with Crippen molar-refractivity contribution in [3.63, 3.8) is 0 Å². The molecule has 5 rings (SSSR count). The lowest BCUT2D eigenvalue weighted by Crippen LogP contribution is -2.29. The summed E-state index contributed by atoms with van der Waals surface area (Å²) >= 11 is 0. The van der Waals surface area contributed by atoms with Crippen LogP contribution in [0.5, 0.6) is 17.2 Å². The minimum Gasteiger partial charge on any atom is -0.507 e. The van der Waals surface area contributed by atoms with E-state index in [9.17, 15) is 19.8 Å². The summed E-state index contributed by atoms with van der Waals surface area (Å²) in [6.07, 6.45) is 0. The van der Waals surface area contributed by atoms with Crippen molar-refractivity contribution in [2.24, 2.45) is 0 Å². The zero-order valence-corrected chi connectivity index (χ0v) is 21.0.